The van der Waals surface area contributed by atoms with Gasteiger partial charge in [0.15, 0.2) is 0 Å². The van der Waals surface area contributed by atoms with Gasteiger partial charge in [-0.05, 0) is 49.1 Å². The van der Waals surface area contributed by atoms with Gasteiger partial charge in [-0.15, -0.1) is 0 Å². The number of benzene rings is 2. The van der Waals surface area contributed by atoms with Crippen LogP contribution in [0, 0.1) is 0 Å². The summed E-state index contributed by atoms with van der Waals surface area (Å²) in [6, 6.07) is 10.8. The lowest BCUT2D eigenvalue weighted by molar-refractivity contribution is -0.124. The molecule has 12 heteroatoms. The molecule has 0 aliphatic heterocycles. The third-order valence-electron chi connectivity index (χ3n) is 5.32. The minimum Gasteiger partial charge on any atom is -0.347 e. The Morgan fingerprint density at radius 3 is 2.35 bits per heavy atom. The summed E-state index contributed by atoms with van der Waals surface area (Å²) in [5.41, 5.74) is -0.110. The van der Waals surface area contributed by atoms with E-state index < -0.39 is 27.0 Å². The highest BCUT2D eigenvalue weighted by Gasteiger charge is 2.27. The fourth-order valence-electron chi connectivity index (χ4n) is 3.38. The Morgan fingerprint density at radius 1 is 0.941 bits per heavy atom. The molecule has 178 valence electrons. The third kappa shape index (κ3) is 5.58. The lowest BCUT2D eigenvalue weighted by Crippen LogP contribution is -2.33. The molecule has 0 bridgehead atoms. The van der Waals surface area contributed by atoms with Crippen LogP contribution < -0.4 is 26.5 Å². The quantitative estimate of drug-likeness (QED) is 0.293. The zero-order chi connectivity index (χ0) is 24.3. The molecule has 1 aliphatic rings. The van der Waals surface area contributed by atoms with Gasteiger partial charge in [0.1, 0.15) is 0 Å². The number of hydrogen-bond acceptors (Lipinski definition) is 6. The summed E-state index contributed by atoms with van der Waals surface area (Å²) in [6.07, 6.45) is 2.17. The van der Waals surface area contributed by atoms with E-state index in [0.29, 0.717) is 6.42 Å². The number of hydrogen-bond donors (Lipinski definition) is 5. The maximum atomic E-state index is 12.3. The van der Waals surface area contributed by atoms with E-state index in [1.807, 2.05) is 0 Å². The summed E-state index contributed by atoms with van der Waals surface area (Å²) < 4.78 is 27.0. The van der Waals surface area contributed by atoms with Crippen LogP contribution in [0.5, 0.6) is 0 Å². The molecule has 2 amide bonds. The Kier molecular flexibility index (Phi) is 6.61. The molecule has 1 heterocycles. The predicted molar refractivity (Wildman–Crippen MR) is 125 cm³/mol. The van der Waals surface area contributed by atoms with Gasteiger partial charge in [-0.1, -0.05) is 18.2 Å². The lowest BCUT2D eigenvalue weighted by Gasteiger charge is -2.09. The average molecular weight is 486 g/mol. The molecule has 0 unspecified atom stereocenters. The van der Waals surface area contributed by atoms with Crippen molar-refractivity contribution in [2.24, 2.45) is 0 Å². The minimum atomic E-state index is -3.52. The number of fused-ring (bicyclic) bond motifs is 1. The van der Waals surface area contributed by atoms with Crippen LogP contribution in [-0.2, 0) is 26.0 Å². The molecule has 0 atom stereocenters. The smallest absolute Gasteiger partial charge is 0.272 e. The van der Waals surface area contributed by atoms with E-state index >= 15 is 0 Å². The molecule has 11 nitrogen and oxygen atoms in total. The van der Waals surface area contributed by atoms with E-state index in [0.717, 1.165) is 18.4 Å². The van der Waals surface area contributed by atoms with Crippen LogP contribution in [0.25, 0.3) is 10.8 Å². The number of aromatic nitrogens is 2. The third-order valence-corrected chi connectivity index (χ3v) is 6.86. The summed E-state index contributed by atoms with van der Waals surface area (Å²) in [6.45, 7) is -0.319. The summed E-state index contributed by atoms with van der Waals surface area (Å²) in [5, 5.41) is 9.63. The minimum absolute atomic E-state index is 0.0227. The molecule has 0 saturated heterocycles. The van der Waals surface area contributed by atoms with Crippen molar-refractivity contribution in [3.63, 3.8) is 0 Å². The predicted octanol–water partition coefficient (Wildman–Crippen LogP) is 0.345. The fraction of sp³-hybridized carbons (Fsp3) is 0.273. The molecule has 3 aromatic rings. The first-order valence-electron chi connectivity index (χ1n) is 10.6. The molecule has 4 rings (SSSR count). The van der Waals surface area contributed by atoms with E-state index in [2.05, 4.69) is 25.6 Å². The zero-order valence-corrected chi connectivity index (χ0v) is 18.8. The average Bonchev–Trinajstić information content (AvgIpc) is 3.62. The largest absolute Gasteiger partial charge is 0.347 e. The number of amides is 2. The molecule has 1 aliphatic carbocycles. The number of anilines is 1. The lowest BCUT2D eigenvalue weighted by atomic mass is 10.1. The van der Waals surface area contributed by atoms with Gasteiger partial charge >= 0.3 is 0 Å². The second-order valence-electron chi connectivity index (χ2n) is 8.00. The topological polar surface area (TPSA) is 170 Å². The number of nitrogens with one attached hydrogen (secondary N) is 5. The molecule has 1 fully saturated rings. The highest BCUT2D eigenvalue weighted by Crippen LogP contribution is 2.22. The zero-order valence-electron chi connectivity index (χ0n) is 18.0. The summed E-state index contributed by atoms with van der Waals surface area (Å²) in [4.78, 5) is 48.5. The van der Waals surface area contributed by atoms with Crippen molar-refractivity contribution >= 4 is 38.3 Å². The van der Waals surface area contributed by atoms with Gasteiger partial charge in [-0.2, -0.15) is 0 Å². The normalized spacial score (nSPS) is 13.5. The highest BCUT2D eigenvalue weighted by molar-refractivity contribution is 7.89. The first kappa shape index (κ1) is 23.4. The molecule has 0 spiro atoms. The fourth-order valence-corrected chi connectivity index (χ4v) is 4.68. The molecule has 0 radical (unpaired) electrons. The van der Waals surface area contributed by atoms with E-state index in [9.17, 15) is 27.6 Å². The maximum Gasteiger partial charge on any atom is 0.272 e. The van der Waals surface area contributed by atoms with E-state index in [1.54, 1.807) is 12.1 Å². The van der Waals surface area contributed by atoms with Crippen LogP contribution in [0.3, 0.4) is 0 Å². The molecule has 1 aromatic heterocycles. The van der Waals surface area contributed by atoms with Gasteiger partial charge in [-0.25, -0.2) is 13.1 Å². The number of aromatic amines is 2. The highest BCUT2D eigenvalue weighted by atomic mass is 32.2. The molecule has 34 heavy (non-hydrogen) atoms. The molecule has 5 N–H and O–H groups in total. The summed E-state index contributed by atoms with van der Waals surface area (Å²) in [5.74, 6) is -0.923. The van der Waals surface area contributed by atoms with Crippen LogP contribution in [0.2, 0.25) is 0 Å². The Morgan fingerprint density at radius 2 is 1.65 bits per heavy atom. The molecule has 2 aromatic carbocycles. The second-order valence-corrected chi connectivity index (χ2v) is 9.71. The molecule has 1 saturated carbocycles. The summed E-state index contributed by atoms with van der Waals surface area (Å²) in [7, 11) is -3.52. The number of carbonyl (C=O) groups excluding carboxylic acids is 2. The van der Waals surface area contributed by atoms with Crippen molar-refractivity contribution in [3.05, 3.63) is 68.7 Å². The molecular weight excluding hydrogens is 462 g/mol. The van der Waals surface area contributed by atoms with Gasteiger partial charge < -0.3 is 10.6 Å². The standard InChI is InChI=1S/C22H23N5O6S/c28-18(11-6-13-4-9-15(10-5-13)34(32,33)27-14-7-8-14)23-12-19(29)24-17-3-1-2-16-20(17)22(31)26-25-21(16)30/h1-5,9-10,14,27H,6-8,11-12H2,(H,23,28)(H,24,29)(H,25,30)(H,26,31). The van der Waals surface area contributed by atoms with Crippen molar-refractivity contribution in [1.29, 1.82) is 0 Å². The van der Waals surface area contributed by atoms with Crippen LogP contribution in [0.15, 0.2) is 56.9 Å². The number of H-pyrrole nitrogens is 2. The number of carbonyl (C=O) groups is 2. The van der Waals surface area contributed by atoms with Gasteiger partial charge in [0, 0.05) is 12.5 Å². The van der Waals surface area contributed by atoms with E-state index in [1.165, 1.54) is 30.3 Å². The van der Waals surface area contributed by atoms with Crippen molar-refractivity contribution in [1.82, 2.24) is 20.2 Å². The van der Waals surface area contributed by atoms with E-state index in [4.69, 9.17) is 0 Å². The van der Waals surface area contributed by atoms with Gasteiger partial charge in [0.25, 0.3) is 11.1 Å². The van der Waals surface area contributed by atoms with Gasteiger partial charge in [0.05, 0.1) is 27.9 Å². The van der Waals surface area contributed by atoms with Crippen LogP contribution in [0.1, 0.15) is 24.8 Å². The number of rotatable bonds is 9. The molecular formula is C22H23N5O6S. The first-order chi connectivity index (χ1) is 16.2. The number of sulfonamides is 1. The Bertz CT molecular complexity index is 1460. The van der Waals surface area contributed by atoms with E-state index in [-0.39, 0.29) is 46.3 Å². The van der Waals surface area contributed by atoms with Gasteiger partial charge in [0.2, 0.25) is 21.8 Å². The Labute approximate surface area is 194 Å². The monoisotopic (exact) mass is 485 g/mol. The van der Waals surface area contributed by atoms with Gasteiger partial charge in [-0.3, -0.25) is 29.4 Å². The van der Waals surface area contributed by atoms with Crippen molar-refractivity contribution < 1.29 is 18.0 Å². The van der Waals surface area contributed by atoms with Crippen molar-refractivity contribution in [2.75, 3.05) is 11.9 Å². The Hall–Kier alpha value is -3.77. The van der Waals surface area contributed by atoms with Crippen LogP contribution in [0.4, 0.5) is 5.69 Å². The van der Waals surface area contributed by atoms with Crippen molar-refractivity contribution in [3.8, 4) is 0 Å². The second kappa shape index (κ2) is 9.61. The number of aryl methyl sites for hydroxylation is 1. The van der Waals surface area contributed by atoms with Crippen LogP contribution in [-0.4, -0.2) is 43.0 Å². The first-order valence-corrected chi connectivity index (χ1v) is 12.1. The van der Waals surface area contributed by atoms with Crippen LogP contribution >= 0.6 is 0 Å². The maximum absolute atomic E-state index is 12.3. The SMILES string of the molecule is O=C(CCc1ccc(S(=O)(=O)NC2CC2)cc1)NCC(=O)Nc1cccc2c(=O)[nH][nH]c(=O)c12. The Balaban J connectivity index is 1.28. The summed E-state index contributed by atoms with van der Waals surface area (Å²) >= 11 is 0. The van der Waals surface area contributed by atoms with Crippen molar-refractivity contribution in [2.45, 2.75) is 36.6 Å².